The molecule has 0 aliphatic carbocycles. The van der Waals surface area contributed by atoms with Crippen LogP contribution in [0.4, 0.5) is 0 Å². The standard InChI is InChI=1S/4C6H13O.Sn/c4*1-4-5(2)6(3)7;/h4*5-6H,4H2,1-3H3;/q4*-1;+4. The van der Waals surface area contributed by atoms with Crippen LogP contribution in [0.3, 0.4) is 0 Å². The van der Waals surface area contributed by atoms with E-state index >= 15 is 0 Å². The fourth-order valence-corrected chi connectivity index (χ4v) is 1.33. The molecule has 0 heterocycles. The van der Waals surface area contributed by atoms with Gasteiger partial charge in [-0.15, -0.1) is 24.4 Å². The molecule has 0 saturated carbocycles. The first-order valence-electron chi connectivity index (χ1n) is 11.4. The molecule has 0 saturated heterocycles. The van der Waals surface area contributed by atoms with Crippen molar-refractivity contribution in [2.45, 2.75) is 133 Å². The monoisotopic (exact) mass is 524 g/mol. The Balaban J connectivity index is -0.0000000873. The minimum Gasteiger partial charge on any atom is -0.852 e. The van der Waals surface area contributed by atoms with Gasteiger partial charge >= 0.3 is 23.9 Å². The molecule has 176 valence electrons. The fraction of sp³-hybridized carbons (Fsp3) is 1.00. The molecule has 8 unspecified atom stereocenters. The summed E-state index contributed by atoms with van der Waals surface area (Å²) in [6, 6.07) is 0. The Bertz CT molecular complexity index is 228. The minimum atomic E-state index is -0.384. The molecule has 0 aromatic heterocycles. The second kappa shape index (κ2) is 26.7. The van der Waals surface area contributed by atoms with E-state index in [0.29, 0.717) is 23.7 Å². The molecule has 0 aromatic rings. The maximum Gasteiger partial charge on any atom is 4.00 e. The minimum absolute atomic E-state index is 0. The van der Waals surface area contributed by atoms with Crippen molar-refractivity contribution in [2.24, 2.45) is 23.7 Å². The maximum atomic E-state index is 10.5. The van der Waals surface area contributed by atoms with Gasteiger partial charge in [0.15, 0.2) is 0 Å². The SMILES string of the molecule is CCC(C)C(C)[O-].CCC(C)C(C)[O-].CCC(C)C(C)[O-].CCC(C)C(C)[O-].[Sn+4]. The van der Waals surface area contributed by atoms with Crippen LogP contribution >= 0.6 is 0 Å². The molecular formula is C24H52O4Sn. The summed E-state index contributed by atoms with van der Waals surface area (Å²) in [6.45, 7) is 23.0. The van der Waals surface area contributed by atoms with E-state index in [1.165, 1.54) is 0 Å². The third-order valence-electron chi connectivity index (χ3n) is 5.78. The largest absolute Gasteiger partial charge is 4.00 e. The zero-order chi connectivity index (χ0) is 23.4. The van der Waals surface area contributed by atoms with E-state index in [1.54, 1.807) is 27.7 Å². The average molecular weight is 523 g/mol. The molecule has 29 heavy (non-hydrogen) atoms. The van der Waals surface area contributed by atoms with E-state index in [1.807, 2.05) is 55.4 Å². The molecule has 0 radical (unpaired) electrons. The molecule has 0 bridgehead atoms. The Morgan fingerprint density at radius 1 is 0.379 bits per heavy atom. The Hall–Kier alpha value is 0.639. The topological polar surface area (TPSA) is 92.2 Å². The predicted molar refractivity (Wildman–Crippen MR) is 121 cm³/mol. The van der Waals surface area contributed by atoms with Gasteiger partial charge in [0, 0.05) is 0 Å². The van der Waals surface area contributed by atoms with Gasteiger partial charge in [-0.2, -0.15) is 0 Å². The van der Waals surface area contributed by atoms with Crippen molar-refractivity contribution in [3.63, 3.8) is 0 Å². The first-order chi connectivity index (χ1) is 12.7. The summed E-state index contributed by atoms with van der Waals surface area (Å²) in [5.41, 5.74) is 0. The summed E-state index contributed by atoms with van der Waals surface area (Å²) in [4.78, 5) is 0. The Labute approximate surface area is 200 Å². The quantitative estimate of drug-likeness (QED) is 0.458. The van der Waals surface area contributed by atoms with Crippen LogP contribution in [0, 0.1) is 23.7 Å². The zero-order valence-corrected chi connectivity index (χ0v) is 24.4. The third-order valence-corrected chi connectivity index (χ3v) is 5.78. The summed E-state index contributed by atoms with van der Waals surface area (Å²) < 4.78 is 0. The molecule has 0 rings (SSSR count). The van der Waals surface area contributed by atoms with Crippen LogP contribution in [0.25, 0.3) is 0 Å². The van der Waals surface area contributed by atoms with Gasteiger partial charge in [-0.05, 0) is 0 Å². The van der Waals surface area contributed by atoms with Crippen LogP contribution in [-0.2, 0) is 0 Å². The van der Waals surface area contributed by atoms with E-state index in [4.69, 9.17) is 0 Å². The van der Waals surface area contributed by atoms with Crippen LogP contribution in [-0.4, -0.2) is 48.3 Å². The van der Waals surface area contributed by atoms with E-state index < -0.39 is 0 Å². The first kappa shape index (κ1) is 40.0. The van der Waals surface area contributed by atoms with E-state index in [0.717, 1.165) is 25.7 Å². The van der Waals surface area contributed by atoms with Crippen molar-refractivity contribution in [1.82, 2.24) is 0 Å². The summed E-state index contributed by atoms with van der Waals surface area (Å²) in [6.07, 6.45) is 2.48. The normalized spacial score (nSPS) is 18.2. The van der Waals surface area contributed by atoms with Crippen molar-refractivity contribution < 1.29 is 20.4 Å². The summed E-state index contributed by atoms with van der Waals surface area (Å²) >= 11 is 0. The van der Waals surface area contributed by atoms with Crippen LogP contribution in [0.2, 0.25) is 0 Å². The third kappa shape index (κ3) is 33.5. The molecule has 0 aliphatic rings. The Morgan fingerprint density at radius 2 is 0.483 bits per heavy atom. The smallest absolute Gasteiger partial charge is 0.852 e. The van der Waals surface area contributed by atoms with Crippen molar-refractivity contribution >= 4 is 23.9 Å². The Morgan fingerprint density at radius 3 is 0.483 bits per heavy atom. The van der Waals surface area contributed by atoms with E-state index in [2.05, 4.69) is 0 Å². The van der Waals surface area contributed by atoms with Gasteiger partial charge in [0.1, 0.15) is 0 Å². The van der Waals surface area contributed by atoms with Crippen LogP contribution in [0.5, 0.6) is 0 Å². The van der Waals surface area contributed by atoms with Crippen LogP contribution in [0.1, 0.15) is 109 Å². The van der Waals surface area contributed by atoms with Crippen molar-refractivity contribution in [2.75, 3.05) is 0 Å². The second-order valence-corrected chi connectivity index (χ2v) is 8.36. The number of hydrogen-bond acceptors (Lipinski definition) is 4. The van der Waals surface area contributed by atoms with Gasteiger partial charge in [0.25, 0.3) is 0 Å². The molecule has 8 atom stereocenters. The molecule has 4 nitrogen and oxygen atoms in total. The molecule has 0 aliphatic heterocycles. The molecule has 5 heteroatoms. The van der Waals surface area contributed by atoms with Gasteiger partial charge in [-0.1, -0.05) is 132 Å². The van der Waals surface area contributed by atoms with E-state index in [-0.39, 0.29) is 48.3 Å². The first-order valence-corrected chi connectivity index (χ1v) is 11.4. The average Bonchev–Trinajstić information content (AvgIpc) is 2.66. The number of rotatable bonds is 8. The van der Waals surface area contributed by atoms with Gasteiger partial charge in [0.2, 0.25) is 0 Å². The maximum absolute atomic E-state index is 10.5. The Kier molecular flexibility index (Phi) is 36.8. The molecule has 0 fully saturated rings. The molecular weight excluding hydrogens is 471 g/mol. The van der Waals surface area contributed by atoms with Gasteiger partial charge in [-0.25, -0.2) is 0 Å². The van der Waals surface area contributed by atoms with Crippen molar-refractivity contribution in [3.05, 3.63) is 0 Å². The van der Waals surface area contributed by atoms with Gasteiger partial charge in [-0.3, -0.25) is 0 Å². The molecule has 0 aromatic carbocycles. The predicted octanol–water partition coefficient (Wildman–Crippen LogP) is 2.74. The molecule has 0 amide bonds. The van der Waals surface area contributed by atoms with Gasteiger partial charge in [0.05, 0.1) is 0 Å². The van der Waals surface area contributed by atoms with Crippen LogP contribution in [0.15, 0.2) is 0 Å². The summed E-state index contributed by atoms with van der Waals surface area (Å²) in [7, 11) is 0. The van der Waals surface area contributed by atoms with E-state index in [9.17, 15) is 20.4 Å². The fourth-order valence-electron chi connectivity index (χ4n) is 1.33. The van der Waals surface area contributed by atoms with Gasteiger partial charge < -0.3 is 20.4 Å². The van der Waals surface area contributed by atoms with Crippen molar-refractivity contribution in [1.29, 1.82) is 0 Å². The second-order valence-electron chi connectivity index (χ2n) is 8.36. The van der Waals surface area contributed by atoms with Crippen molar-refractivity contribution in [3.8, 4) is 0 Å². The van der Waals surface area contributed by atoms with Crippen LogP contribution < -0.4 is 20.4 Å². The summed E-state index contributed by atoms with van der Waals surface area (Å²) in [5.74, 6) is 1.39. The zero-order valence-electron chi connectivity index (χ0n) is 21.6. The molecule has 0 N–H and O–H groups in total. The molecule has 0 spiro atoms. The summed E-state index contributed by atoms with van der Waals surface area (Å²) in [5, 5.41) is 41.8. The number of hydrogen-bond donors (Lipinski definition) is 0.